The van der Waals surface area contributed by atoms with Crippen molar-refractivity contribution in [2.45, 2.75) is 20.3 Å². The lowest BCUT2D eigenvalue weighted by molar-refractivity contribution is 0.174. The van der Waals surface area contributed by atoms with Crippen molar-refractivity contribution >= 4 is 5.69 Å². The fourth-order valence-electron chi connectivity index (χ4n) is 1.83. The van der Waals surface area contributed by atoms with Crippen molar-refractivity contribution in [3.8, 4) is 11.5 Å². The normalized spacial score (nSPS) is 14.8. The summed E-state index contributed by atoms with van der Waals surface area (Å²) in [6.07, 6.45) is 0.965. The van der Waals surface area contributed by atoms with Crippen LogP contribution in [0.25, 0.3) is 0 Å². The lowest BCUT2D eigenvalue weighted by Crippen LogP contribution is -2.17. The average molecular weight is 237 g/mol. The minimum absolute atomic E-state index is 0.215. The molecule has 0 spiro atoms. The maximum absolute atomic E-state index is 9.14. The molecule has 2 rings (SSSR count). The van der Waals surface area contributed by atoms with E-state index in [9.17, 15) is 0 Å². The standard InChI is InChI=1S/C13H19NO3/c1-3-10(7-15)6-14-11-5-13-12(4-9(11)2)16-8-17-13/h4-5,10,14-15H,3,6-8H2,1-2H3. The molecular formula is C13H19NO3. The summed E-state index contributed by atoms with van der Waals surface area (Å²) in [6.45, 7) is 5.40. The third-order valence-electron chi connectivity index (χ3n) is 3.14. The highest BCUT2D eigenvalue weighted by Crippen LogP contribution is 2.36. The van der Waals surface area contributed by atoms with E-state index in [0.717, 1.165) is 35.7 Å². The summed E-state index contributed by atoms with van der Waals surface area (Å²) in [4.78, 5) is 0. The monoisotopic (exact) mass is 237 g/mol. The largest absolute Gasteiger partial charge is 0.454 e. The maximum Gasteiger partial charge on any atom is 0.231 e. The zero-order chi connectivity index (χ0) is 12.3. The molecule has 94 valence electrons. The van der Waals surface area contributed by atoms with Gasteiger partial charge in [0.25, 0.3) is 0 Å². The molecule has 4 nitrogen and oxygen atoms in total. The predicted molar refractivity (Wildman–Crippen MR) is 66.7 cm³/mol. The lowest BCUT2D eigenvalue weighted by atomic mass is 10.1. The van der Waals surface area contributed by atoms with Crippen LogP contribution in [0.4, 0.5) is 5.69 Å². The first-order valence-corrected chi connectivity index (χ1v) is 5.99. The Bertz CT molecular complexity index is 388. The molecule has 1 aliphatic heterocycles. The summed E-state index contributed by atoms with van der Waals surface area (Å²) in [5.41, 5.74) is 2.17. The Balaban J connectivity index is 2.06. The number of benzene rings is 1. The first-order chi connectivity index (χ1) is 8.24. The van der Waals surface area contributed by atoms with Crippen LogP contribution in [0.2, 0.25) is 0 Å². The summed E-state index contributed by atoms with van der Waals surface area (Å²) in [5.74, 6) is 1.89. The number of nitrogens with one attached hydrogen (secondary N) is 1. The number of aryl methyl sites for hydroxylation is 1. The molecule has 0 radical (unpaired) electrons. The van der Waals surface area contributed by atoms with Crippen LogP contribution in [-0.4, -0.2) is 25.1 Å². The molecule has 4 heteroatoms. The molecule has 1 aromatic rings. The van der Waals surface area contributed by atoms with Gasteiger partial charge in [0.2, 0.25) is 6.79 Å². The van der Waals surface area contributed by atoms with E-state index in [1.165, 1.54) is 0 Å². The molecule has 0 bridgehead atoms. The van der Waals surface area contributed by atoms with Crippen LogP contribution in [0.15, 0.2) is 12.1 Å². The van der Waals surface area contributed by atoms with E-state index < -0.39 is 0 Å². The fraction of sp³-hybridized carbons (Fsp3) is 0.538. The highest BCUT2D eigenvalue weighted by molar-refractivity contribution is 5.60. The molecule has 2 N–H and O–H groups in total. The van der Waals surface area contributed by atoms with Gasteiger partial charge in [-0.15, -0.1) is 0 Å². The quantitative estimate of drug-likeness (QED) is 0.824. The molecule has 0 amide bonds. The van der Waals surface area contributed by atoms with E-state index >= 15 is 0 Å². The van der Waals surface area contributed by atoms with Gasteiger partial charge in [-0.05, 0) is 30.9 Å². The van der Waals surface area contributed by atoms with Crippen molar-refractivity contribution in [2.24, 2.45) is 5.92 Å². The average Bonchev–Trinajstić information content (AvgIpc) is 2.77. The summed E-state index contributed by atoms with van der Waals surface area (Å²) < 4.78 is 10.7. The van der Waals surface area contributed by atoms with Gasteiger partial charge < -0.3 is 19.9 Å². The van der Waals surface area contributed by atoms with Crippen molar-refractivity contribution in [3.05, 3.63) is 17.7 Å². The molecule has 0 aromatic heterocycles. The third-order valence-corrected chi connectivity index (χ3v) is 3.14. The molecule has 1 aromatic carbocycles. The van der Waals surface area contributed by atoms with Gasteiger partial charge in [0.05, 0.1) is 0 Å². The maximum atomic E-state index is 9.14. The van der Waals surface area contributed by atoms with E-state index in [4.69, 9.17) is 14.6 Å². The van der Waals surface area contributed by atoms with Crippen LogP contribution < -0.4 is 14.8 Å². The Morgan fingerprint density at radius 2 is 2.06 bits per heavy atom. The van der Waals surface area contributed by atoms with Gasteiger partial charge >= 0.3 is 0 Å². The van der Waals surface area contributed by atoms with Crippen LogP contribution in [0.5, 0.6) is 11.5 Å². The number of hydrogen-bond acceptors (Lipinski definition) is 4. The minimum atomic E-state index is 0.215. The van der Waals surface area contributed by atoms with E-state index in [1.54, 1.807) is 0 Å². The van der Waals surface area contributed by atoms with E-state index in [0.29, 0.717) is 12.7 Å². The lowest BCUT2D eigenvalue weighted by Gasteiger charge is -2.15. The number of ether oxygens (including phenoxy) is 2. The summed E-state index contributed by atoms with van der Waals surface area (Å²) >= 11 is 0. The molecule has 1 unspecified atom stereocenters. The second kappa shape index (κ2) is 5.27. The number of aliphatic hydroxyl groups excluding tert-OH is 1. The number of rotatable bonds is 5. The van der Waals surface area contributed by atoms with E-state index in [-0.39, 0.29) is 6.61 Å². The van der Waals surface area contributed by atoms with E-state index in [1.807, 2.05) is 19.1 Å². The summed E-state index contributed by atoms with van der Waals surface area (Å²) in [7, 11) is 0. The number of anilines is 1. The van der Waals surface area contributed by atoms with Crippen molar-refractivity contribution in [1.82, 2.24) is 0 Å². The molecule has 1 heterocycles. The first kappa shape index (κ1) is 12.0. The highest BCUT2D eigenvalue weighted by Gasteiger charge is 2.15. The number of hydrogen-bond donors (Lipinski definition) is 2. The van der Waals surface area contributed by atoms with Crippen molar-refractivity contribution in [1.29, 1.82) is 0 Å². The molecule has 1 atom stereocenters. The Hall–Kier alpha value is -1.42. The van der Waals surface area contributed by atoms with Crippen LogP contribution in [-0.2, 0) is 0 Å². The Kier molecular flexibility index (Phi) is 3.74. The summed E-state index contributed by atoms with van der Waals surface area (Å²) in [5, 5.41) is 12.5. The van der Waals surface area contributed by atoms with Gasteiger partial charge in [0.1, 0.15) is 0 Å². The zero-order valence-electron chi connectivity index (χ0n) is 10.3. The Morgan fingerprint density at radius 3 is 2.71 bits per heavy atom. The van der Waals surface area contributed by atoms with Crippen molar-refractivity contribution in [2.75, 3.05) is 25.3 Å². The molecular weight excluding hydrogens is 218 g/mol. The van der Waals surface area contributed by atoms with Gasteiger partial charge in [0.15, 0.2) is 11.5 Å². The third kappa shape index (κ3) is 2.64. The predicted octanol–water partition coefficient (Wildman–Crippen LogP) is 2.15. The number of aliphatic hydroxyl groups is 1. The fourth-order valence-corrected chi connectivity index (χ4v) is 1.83. The van der Waals surface area contributed by atoms with Crippen LogP contribution in [0.3, 0.4) is 0 Å². The number of fused-ring (bicyclic) bond motifs is 1. The van der Waals surface area contributed by atoms with Gasteiger partial charge in [-0.25, -0.2) is 0 Å². The molecule has 0 aliphatic carbocycles. The second-order valence-corrected chi connectivity index (χ2v) is 4.36. The Labute approximate surface area is 102 Å². The van der Waals surface area contributed by atoms with Gasteiger partial charge in [-0.2, -0.15) is 0 Å². The van der Waals surface area contributed by atoms with Gasteiger partial charge in [-0.3, -0.25) is 0 Å². The van der Waals surface area contributed by atoms with Crippen molar-refractivity contribution in [3.63, 3.8) is 0 Å². The van der Waals surface area contributed by atoms with Gasteiger partial charge in [0, 0.05) is 24.9 Å². The molecule has 0 saturated heterocycles. The Morgan fingerprint density at radius 1 is 1.35 bits per heavy atom. The topological polar surface area (TPSA) is 50.7 Å². The van der Waals surface area contributed by atoms with Gasteiger partial charge in [-0.1, -0.05) is 6.92 Å². The van der Waals surface area contributed by atoms with Crippen LogP contribution in [0.1, 0.15) is 18.9 Å². The molecule has 0 saturated carbocycles. The molecule has 17 heavy (non-hydrogen) atoms. The minimum Gasteiger partial charge on any atom is -0.454 e. The van der Waals surface area contributed by atoms with Crippen molar-refractivity contribution < 1.29 is 14.6 Å². The highest BCUT2D eigenvalue weighted by atomic mass is 16.7. The SMILES string of the molecule is CCC(CO)CNc1cc2c(cc1C)OCO2. The zero-order valence-corrected chi connectivity index (χ0v) is 10.3. The molecule has 1 aliphatic rings. The summed E-state index contributed by atoms with van der Waals surface area (Å²) in [6, 6.07) is 3.94. The first-order valence-electron chi connectivity index (χ1n) is 5.99. The van der Waals surface area contributed by atoms with E-state index in [2.05, 4.69) is 12.2 Å². The van der Waals surface area contributed by atoms with Crippen LogP contribution in [0, 0.1) is 12.8 Å². The second-order valence-electron chi connectivity index (χ2n) is 4.36. The smallest absolute Gasteiger partial charge is 0.231 e. The van der Waals surface area contributed by atoms with Crippen LogP contribution >= 0.6 is 0 Å². The molecule has 0 fully saturated rings.